The number of nitrogens with zero attached hydrogens (tertiary/aromatic N) is 1. The highest BCUT2D eigenvalue weighted by Crippen LogP contribution is 2.45. The van der Waals surface area contributed by atoms with E-state index in [1.54, 1.807) is 0 Å². The molecular weight excluding hydrogens is 424 g/mol. The van der Waals surface area contributed by atoms with Crippen LogP contribution in [0, 0.1) is 6.92 Å². The second-order valence-corrected chi connectivity index (χ2v) is 9.65. The normalized spacial score (nSPS) is 24.0. The van der Waals surface area contributed by atoms with Crippen LogP contribution in [0.4, 0.5) is 15.3 Å². The summed E-state index contributed by atoms with van der Waals surface area (Å²) in [5, 5.41) is 2.81. The molecule has 1 N–H and O–H groups in total. The van der Waals surface area contributed by atoms with Crippen LogP contribution in [-0.2, 0) is 9.47 Å². The second-order valence-electron chi connectivity index (χ2n) is 8.79. The molecule has 2 atom stereocenters. The summed E-state index contributed by atoms with van der Waals surface area (Å²) in [6.45, 7) is 7.71. The third-order valence-electron chi connectivity index (χ3n) is 5.51. The number of anilines is 1. The Balaban J connectivity index is 1.69. The van der Waals surface area contributed by atoms with E-state index in [1.165, 1.54) is 0 Å². The van der Waals surface area contributed by atoms with Crippen LogP contribution in [0.15, 0.2) is 22.7 Å². The number of hydrogen-bond donors (Lipinski definition) is 1. The Morgan fingerprint density at radius 1 is 1.29 bits per heavy atom. The van der Waals surface area contributed by atoms with E-state index in [0.29, 0.717) is 5.69 Å². The summed E-state index contributed by atoms with van der Waals surface area (Å²) in [5.74, 6) is 0. The maximum absolute atomic E-state index is 12.8. The van der Waals surface area contributed by atoms with E-state index in [4.69, 9.17) is 9.47 Å². The molecule has 154 valence electrons. The second kappa shape index (κ2) is 7.93. The van der Waals surface area contributed by atoms with Gasteiger partial charge in [-0.1, -0.05) is 12.1 Å². The number of carbonyl (C=O) groups excluding carboxylic acids is 2. The van der Waals surface area contributed by atoms with Crippen LogP contribution < -0.4 is 5.32 Å². The number of aryl methyl sites for hydroxylation is 1. The molecule has 2 unspecified atom stereocenters. The summed E-state index contributed by atoms with van der Waals surface area (Å²) in [5.41, 5.74) is 0.621. The number of para-hydroxylation sites is 1. The molecule has 2 bridgehead atoms. The number of carbonyl (C=O) groups is 2. The zero-order valence-corrected chi connectivity index (χ0v) is 18.6. The van der Waals surface area contributed by atoms with Crippen LogP contribution in [0.2, 0.25) is 0 Å². The molecular formula is C21H29BrN2O4. The van der Waals surface area contributed by atoms with Crippen LogP contribution in [0.5, 0.6) is 0 Å². The van der Waals surface area contributed by atoms with E-state index in [2.05, 4.69) is 21.2 Å². The van der Waals surface area contributed by atoms with E-state index in [9.17, 15) is 9.59 Å². The van der Waals surface area contributed by atoms with Crippen molar-refractivity contribution in [1.29, 1.82) is 0 Å². The minimum Gasteiger partial charge on any atom is -0.447 e. The van der Waals surface area contributed by atoms with E-state index >= 15 is 0 Å². The molecule has 3 rings (SSSR count). The van der Waals surface area contributed by atoms with Gasteiger partial charge in [0, 0.05) is 10.5 Å². The number of ether oxygens (including phenoxy) is 2. The lowest BCUT2D eigenvalue weighted by Gasteiger charge is -2.44. The topological polar surface area (TPSA) is 67.9 Å². The molecule has 2 heterocycles. The van der Waals surface area contributed by atoms with Crippen molar-refractivity contribution >= 4 is 33.8 Å². The predicted octanol–water partition coefficient (Wildman–Crippen LogP) is 5.63. The molecule has 6 nitrogen and oxygen atoms in total. The number of fused-ring (bicyclic) bond motifs is 2. The molecule has 2 fully saturated rings. The van der Waals surface area contributed by atoms with Gasteiger partial charge >= 0.3 is 12.2 Å². The minimum absolute atomic E-state index is 0.167. The lowest BCUT2D eigenvalue weighted by Crippen LogP contribution is -2.57. The number of benzene rings is 1. The number of amides is 2. The number of nitrogens with one attached hydrogen (secondary N) is 1. The van der Waals surface area contributed by atoms with Crippen LogP contribution >= 0.6 is 15.9 Å². The highest BCUT2D eigenvalue weighted by molar-refractivity contribution is 9.10. The van der Waals surface area contributed by atoms with Crippen LogP contribution in [-0.4, -0.2) is 40.9 Å². The lowest BCUT2D eigenvalue weighted by molar-refractivity contribution is -0.0313. The molecule has 2 amide bonds. The first-order valence-electron chi connectivity index (χ1n) is 9.82. The third kappa shape index (κ3) is 4.45. The molecule has 28 heavy (non-hydrogen) atoms. The fourth-order valence-electron chi connectivity index (χ4n) is 4.25. The van der Waals surface area contributed by atoms with Crippen molar-refractivity contribution in [2.24, 2.45) is 0 Å². The SMILES string of the molecule is Cc1cccc(Br)c1NC(=O)OCC12CCCC(CC1)N2C(=O)OC(C)(C)C. The third-order valence-corrected chi connectivity index (χ3v) is 6.17. The summed E-state index contributed by atoms with van der Waals surface area (Å²) in [6, 6.07) is 5.87. The average molecular weight is 453 g/mol. The molecule has 0 aromatic heterocycles. The molecule has 2 saturated heterocycles. The Morgan fingerprint density at radius 3 is 2.71 bits per heavy atom. The van der Waals surface area contributed by atoms with Crippen molar-refractivity contribution in [2.45, 2.75) is 77.0 Å². The first kappa shape index (κ1) is 21.0. The van der Waals surface area contributed by atoms with Crippen molar-refractivity contribution in [2.75, 3.05) is 11.9 Å². The lowest BCUT2D eigenvalue weighted by atomic mass is 9.89. The summed E-state index contributed by atoms with van der Waals surface area (Å²) < 4.78 is 12.1. The molecule has 0 saturated carbocycles. The van der Waals surface area contributed by atoms with E-state index < -0.39 is 17.2 Å². The van der Waals surface area contributed by atoms with Gasteiger partial charge in [0.05, 0.1) is 11.2 Å². The summed E-state index contributed by atoms with van der Waals surface area (Å²) in [4.78, 5) is 27.1. The largest absolute Gasteiger partial charge is 0.447 e. The highest BCUT2D eigenvalue weighted by Gasteiger charge is 2.53. The van der Waals surface area contributed by atoms with Gasteiger partial charge in [-0.25, -0.2) is 9.59 Å². The van der Waals surface area contributed by atoms with Crippen LogP contribution in [0.25, 0.3) is 0 Å². The Kier molecular flexibility index (Phi) is 5.94. The Morgan fingerprint density at radius 2 is 2.04 bits per heavy atom. The summed E-state index contributed by atoms with van der Waals surface area (Å²) in [6.07, 6.45) is 3.76. The van der Waals surface area contributed by atoms with E-state index in [1.807, 2.05) is 50.8 Å². The molecule has 0 radical (unpaired) electrons. The van der Waals surface area contributed by atoms with Crippen LogP contribution in [0.3, 0.4) is 0 Å². The molecule has 2 aliphatic heterocycles. The number of piperidine rings is 1. The Hall–Kier alpha value is -1.76. The Labute approximate surface area is 175 Å². The van der Waals surface area contributed by atoms with Crippen LogP contribution in [0.1, 0.15) is 58.4 Å². The van der Waals surface area contributed by atoms with Gasteiger partial charge in [0.1, 0.15) is 12.2 Å². The fraction of sp³-hybridized carbons (Fsp3) is 0.619. The summed E-state index contributed by atoms with van der Waals surface area (Å²) >= 11 is 3.45. The van der Waals surface area contributed by atoms with Crippen molar-refractivity contribution < 1.29 is 19.1 Å². The maximum atomic E-state index is 12.8. The monoisotopic (exact) mass is 452 g/mol. The highest BCUT2D eigenvalue weighted by atomic mass is 79.9. The van der Waals surface area contributed by atoms with Crippen molar-refractivity contribution in [1.82, 2.24) is 4.90 Å². The molecule has 0 aliphatic carbocycles. The van der Waals surface area contributed by atoms with Gasteiger partial charge in [-0.15, -0.1) is 0 Å². The number of halogens is 1. The van der Waals surface area contributed by atoms with Gasteiger partial charge in [0.2, 0.25) is 0 Å². The first-order valence-corrected chi connectivity index (χ1v) is 10.6. The number of hydrogen-bond acceptors (Lipinski definition) is 4. The maximum Gasteiger partial charge on any atom is 0.411 e. The van der Waals surface area contributed by atoms with Gasteiger partial charge in [-0.3, -0.25) is 10.2 Å². The molecule has 7 heteroatoms. The summed E-state index contributed by atoms with van der Waals surface area (Å²) in [7, 11) is 0. The molecule has 1 aromatic rings. The standard InChI is InChI=1S/C21H29BrN2O4/c1-14-7-5-9-16(22)17(14)23-18(25)27-13-21-11-6-8-15(10-12-21)24(21)19(26)28-20(2,3)4/h5,7,9,15H,6,8,10-13H2,1-4H3,(H,23,25). The van der Waals surface area contributed by atoms with Gasteiger partial charge < -0.3 is 9.47 Å². The van der Waals surface area contributed by atoms with Gasteiger partial charge in [0.15, 0.2) is 0 Å². The quantitative estimate of drug-likeness (QED) is 0.644. The van der Waals surface area contributed by atoms with Crippen molar-refractivity contribution in [3.05, 3.63) is 28.2 Å². The Bertz CT molecular complexity index is 737. The van der Waals surface area contributed by atoms with Gasteiger partial charge in [-0.05, 0) is 87.4 Å². The van der Waals surface area contributed by atoms with Crippen molar-refractivity contribution in [3.63, 3.8) is 0 Å². The molecule has 0 spiro atoms. The smallest absolute Gasteiger partial charge is 0.411 e. The van der Waals surface area contributed by atoms with Gasteiger partial charge in [0.25, 0.3) is 0 Å². The van der Waals surface area contributed by atoms with E-state index in [0.717, 1.165) is 42.1 Å². The minimum atomic E-state index is -0.551. The molecule has 2 aliphatic rings. The fourth-order valence-corrected chi connectivity index (χ4v) is 4.82. The average Bonchev–Trinajstić information content (AvgIpc) is 2.82. The van der Waals surface area contributed by atoms with E-state index in [-0.39, 0.29) is 18.7 Å². The van der Waals surface area contributed by atoms with Gasteiger partial charge in [-0.2, -0.15) is 0 Å². The zero-order chi connectivity index (χ0) is 20.5. The number of rotatable bonds is 3. The molecule has 1 aromatic carbocycles. The first-order chi connectivity index (χ1) is 13.1. The predicted molar refractivity (Wildman–Crippen MR) is 112 cm³/mol. The zero-order valence-electron chi connectivity index (χ0n) is 17.0. The van der Waals surface area contributed by atoms with Crippen molar-refractivity contribution in [3.8, 4) is 0 Å².